The van der Waals surface area contributed by atoms with E-state index in [0.29, 0.717) is 6.61 Å². The maximum absolute atomic E-state index is 9.46. The van der Waals surface area contributed by atoms with Crippen LogP contribution < -0.4 is 20.3 Å². The first kappa shape index (κ1) is 20.0. The van der Waals surface area contributed by atoms with Crippen molar-refractivity contribution in [3.8, 4) is 11.5 Å². The number of benzene rings is 4. The lowest BCUT2D eigenvalue weighted by Crippen LogP contribution is -2.67. The minimum atomic E-state index is -2.19. The molecule has 2 nitrogen and oxygen atoms in total. The Morgan fingerprint density at radius 2 is 1.00 bits per heavy atom. The molecule has 4 aromatic rings. The maximum atomic E-state index is 9.46. The topological polar surface area (TPSA) is 29.5 Å². The first-order valence-corrected chi connectivity index (χ1v) is 12.6. The van der Waals surface area contributed by atoms with Crippen LogP contribution in [0, 0.1) is 0 Å². The number of aromatic hydroxyl groups is 1. The summed E-state index contributed by atoms with van der Waals surface area (Å²) in [5.74, 6) is 1.05. The summed E-state index contributed by atoms with van der Waals surface area (Å²) in [4.78, 5) is 0. The lowest BCUT2D eigenvalue weighted by atomic mass is 10.3. The molecule has 0 fully saturated rings. The van der Waals surface area contributed by atoms with Gasteiger partial charge in [0.25, 0.3) is 0 Å². The van der Waals surface area contributed by atoms with Gasteiger partial charge in [0.1, 0.15) is 19.6 Å². The Bertz CT molecular complexity index is 936. The van der Waals surface area contributed by atoms with Gasteiger partial charge in [-0.25, -0.2) is 0 Å². The largest absolute Gasteiger partial charge is 0.508 e. The monoisotopic (exact) mass is 410 g/mol. The van der Waals surface area contributed by atoms with Gasteiger partial charge in [0.05, 0.1) is 6.61 Å². The van der Waals surface area contributed by atoms with E-state index in [4.69, 9.17) is 4.74 Å². The molecule has 4 rings (SSSR count). The number of hydrogen-bond donors (Lipinski definition) is 1. The number of rotatable bonds is 8. The molecule has 0 atom stereocenters. The van der Waals surface area contributed by atoms with Crippen LogP contribution in [0.1, 0.15) is 6.42 Å². The van der Waals surface area contributed by atoms with Crippen molar-refractivity contribution in [2.75, 3.05) is 6.61 Å². The fraction of sp³-hybridized carbons (Fsp3) is 0.111. The Kier molecular flexibility index (Phi) is 6.31. The van der Waals surface area contributed by atoms with Gasteiger partial charge in [0.15, 0.2) is 0 Å². The summed E-state index contributed by atoms with van der Waals surface area (Å²) in [7, 11) is -2.19. The van der Waals surface area contributed by atoms with Gasteiger partial charge in [-0.3, -0.25) is 0 Å². The summed E-state index contributed by atoms with van der Waals surface area (Å²) in [6, 6.07) is 40.9. The minimum Gasteiger partial charge on any atom is -0.508 e. The fourth-order valence-corrected chi connectivity index (χ4v) is 9.00. The zero-order valence-corrected chi connectivity index (χ0v) is 17.9. The summed E-state index contributed by atoms with van der Waals surface area (Å²) in [6.07, 6.45) is 0.950. The quantitative estimate of drug-likeness (QED) is 0.266. The lowest BCUT2D eigenvalue weighted by molar-refractivity contribution is 0.316. The fourth-order valence-electron chi connectivity index (χ4n) is 4.17. The highest BCUT2D eigenvalue weighted by molar-refractivity contribution is 7.11. The Morgan fingerprint density at radius 1 is 0.567 bits per heavy atom. The van der Waals surface area contributed by atoms with Crippen molar-refractivity contribution in [2.45, 2.75) is 12.5 Å². The van der Waals surface area contributed by atoms with E-state index in [1.165, 1.54) is 15.6 Å². The number of ether oxygens (including phenoxy) is 1. The smallest absolute Gasteiger partial charge is 0.148 e. The van der Waals surface area contributed by atoms with E-state index < -0.39 is 8.07 Å². The second-order valence-electron chi connectivity index (χ2n) is 7.45. The van der Waals surface area contributed by atoms with Crippen LogP contribution >= 0.6 is 0 Å². The summed E-state index contributed by atoms with van der Waals surface area (Å²) in [6.45, 7) is 0.645. The Balaban J connectivity index is 1.67. The van der Waals surface area contributed by atoms with Crippen LogP contribution in [0.2, 0.25) is 6.04 Å². The van der Waals surface area contributed by atoms with Gasteiger partial charge in [-0.1, -0.05) is 91.0 Å². The molecule has 4 aromatic carbocycles. The van der Waals surface area contributed by atoms with E-state index in [1.807, 2.05) is 12.1 Å². The van der Waals surface area contributed by atoms with Crippen molar-refractivity contribution in [1.29, 1.82) is 0 Å². The third kappa shape index (κ3) is 4.31. The van der Waals surface area contributed by atoms with E-state index in [9.17, 15) is 5.11 Å². The molecule has 1 N–H and O–H groups in total. The lowest BCUT2D eigenvalue weighted by Gasteiger charge is -2.34. The average molecular weight is 411 g/mol. The maximum Gasteiger partial charge on any atom is 0.148 e. The second kappa shape index (κ2) is 9.46. The van der Waals surface area contributed by atoms with Crippen LogP contribution in [-0.4, -0.2) is 19.8 Å². The van der Waals surface area contributed by atoms with Crippen LogP contribution in [0.4, 0.5) is 0 Å². The van der Waals surface area contributed by atoms with Crippen molar-refractivity contribution in [1.82, 2.24) is 0 Å². The Hall–Kier alpha value is -3.30. The summed E-state index contributed by atoms with van der Waals surface area (Å²) in [5.41, 5.74) is 0. The summed E-state index contributed by atoms with van der Waals surface area (Å²) in [5, 5.41) is 13.7. The number of hydrogen-bond acceptors (Lipinski definition) is 2. The SMILES string of the molecule is Oc1ccc(OCCC[Si](c2ccccc2)(c2ccccc2)c2ccccc2)cc1. The van der Waals surface area contributed by atoms with Crippen molar-refractivity contribution in [3.05, 3.63) is 115 Å². The molecule has 0 radical (unpaired) electrons. The Labute approximate surface area is 179 Å². The third-order valence-corrected chi connectivity index (χ3v) is 10.7. The first-order valence-electron chi connectivity index (χ1n) is 10.4. The second-order valence-corrected chi connectivity index (χ2v) is 11.5. The van der Waals surface area contributed by atoms with Crippen molar-refractivity contribution in [2.24, 2.45) is 0 Å². The molecule has 150 valence electrons. The van der Waals surface area contributed by atoms with E-state index in [1.54, 1.807) is 12.1 Å². The zero-order valence-electron chi connectivity index (χ0n) is 16.9. The molecule has 0 amide bonds. The third-order valence-electron chi connectivity index (χ3n) is 5.60. The molecule has 0 saturated carbocycles. The molecule has 0 spiro atoms. The zero-order chi connectivity index (χ0) is 20.7. The van der Waals surface area contributed by atoms with Crippen molar-refractivity contribution in [3.63, 3.8) is 0 Å². The van der Waals surface area contributed by atoms with E-state index >= 15 is 0 Å². The number of phenolic OH excluding ortho intramolecular Hbond substituents is 1. The minimum absolute atomic E-state index is 0.256. The highest BCUT2D eigenvalue weighted by Gasteiger charge is 2.38. The van der Waals surface area contributed by atoms with Crippen molar-refractivity contribution < 1.29 is 9.84 Å². The number of phenols is 1. The van der Waals surface area contributed by atoms with Crippen LogP contribution in [-0.2, 0) is 0 Å². The highest BCUT2D eigenvalue weighted by atomic mass is 28.3. The van der Waals surface area contributed by atoms with Crippen molar-refractivity contribution >= 4 is 23.6 Å². The normalized spacial score (nSPS) is 11.2. The molecule has 0 unspecified atom stereocenters. The van der Waals surface area contributed by atoms with Gasteiger partial charge in [0, 0.05) is 0 Å². The molecule has 0 heterocycles. The predicted molar refractivity (Wildman–Crippen MR) is 127 cm³/mol. The van der Waals surface area contributed by atoms with Gasteiger partial charge >= 0.3 is 0 Å². The molecule has 0 aliphatic carbocycles. The van der Waals surface area contributed by atoms with Crippen LogP contribution in [0.15, 0.2) is 115 Å². The van der Waals surface area contributed by atoms with Crippen LogP contribution in [0.5, 0.6) is 11.5 Å². The van der Waals surface area contributed by atoms with E-state index in [-0.39, 0.29) is 5.75 Å². The van der Waals surface area contributed by atoms with E-state index in [2.05, 4.69) is 91.0 Å². The molecule has 0 bridgehead atoms. The molecule has 30 heavy (non-hydrogen) atoms. The van der Waals surface area contributed by atoms with Gasteiger partial charge in [-0.15, -0.1) is 0 Å². The van der Waals surface area contributed by atoms with Gasteiger partial charge in [0.2, 0.25) is 0 Å². The van der Waals surface area contributed by atoms with Crippen LogP contribution in [0.25, 0.3) is 0 Å². The average Bonchev–Trinajstić information content (AvgIpc) is 2.82. The predicted octanol–water partition coefficient (Wildman–Crippen LogP) is 4.33. The molecule has 0 saturated heterocycles. The molecule has 0 aromatic heterocycles. The molecule has 0 aliphatic heterocycles. The highest BCUT2D eigenvalue weighted by Crippen LogP contribution is 2.18. The molecular weight excluding hydrogens is 384 g/mol. The molecular formula is C27H26O2Si. The standard InChI is InChI=1S/C27H26O2Si/c28-23-17-19-24(20-18-23)29-21-10-22-30(25-11-4-1-5-12-25,26-13-6-2-7-14-26)27-15-8-3-9-16-27/h1-9,11-20,28H,10,21-22H2. The van der Waals surface area contributed by atoms with Gasteiger partial charge < -0.3 is 9.84 Å². The molecule has 3 heteroatoms. The Morgan fingerprint density at radius 3 is 1.43 bits per heavy atom. The first-order chi connectivity index (χ1) is 14.8. The summed E-state index contributed by atoms with van der Waals surface area (Å²) < 4.78 is 5.98. The van der Waals surface area contributed by atoms with E-state index in [0.717, 1.165) is 18.2 Å². The van der Waals surface area contributed by atoms with Gasteiger partial charge in [-0.05, 0) is 52.3 Å². The molecule has 0 aliphatic rings. The summed E-state index contributed by atoms with van der Waals surface area (Å²) >= 11 is 0. The van der Waals surface area contributed by atoms with Gasteiger partial charge in [-0.2, -0.15) is 0 Å². The van der Waals surface area contributed by atoms with Crippen LogP contribution in [0.3, 0.4) is 0 Å².